The predicted molar refractivity (Wildman–Crippen MR) is 120 cm³/mol. The Hall–Kier alpha value is -2.87. The van der Waals surface area contributed by atoms with Crippen LogP contribution in [0.5, 0.6) is 5.75 Å². The molecule has 1 heterocycles. The molecule has 0 fully saturated rings. The van der Waals surface area contributed by atoms with Crippen LogP contribution < -0.4 is 14.4 Å². The third kappa shape index (κ3) is 4.90. The van der Waals surface area contributed by atoms with Crippen molar-refractivity contribution in [3.63, 3.8) is 0 Å². The first-order chi connectivity index (χ1) is 14.4. The molecule has 0 spiro atoms. The minimum absolute atomic E-state index is 0.0289. The van der Waals surface area contributed by atoms with Gasteiger partial charge >= 0.3 is 0 Å². The first-order valence-corrected chi connectivity index (χ1v) is 11.6. The van der Waals surface area contributed by atoms with E-state index >= 15 is 0 Å². The lowest BCUT2D eigenvalue weighted by molar-refractivity contribution is -0.127. The topological polar surface area (TPSA) is 92.8 Å². The van der Waals surface area contributed by atoms with Crippen LogP contribution in [0.25, 0.3) is 0 Å². The summed E-state index contributed by atoms with van der Waals surface area (Å²) in [6.45, 7) is 9.89. The van der Waals surface area contributed by atoms with Crippen molar-refractivity contribution < 1.29 is 22.7 Å². The van der Waals surface area contributed by atoms with Crippen LogP contribution in [0.3, 0.4) is 0 Å². The SMILES string of the molecule is CC(=O)c1ccc(S(=O)(=O)Nc2ccc3c(c2)OCC(C)(C)C(=O)N3CC(C)C)cc1. The number of ether oxygens (including phenoxy) is 1. The Morgan fingerprint density at radius 3 is 2.39 bits per heavy atom. The Bertz CT molecular complexity index is 1110. The normalized spacial score (nSPS) is 15.8. The van der Waals surface area contributed by atoms with Gasteiger partial charge in [-0.15, -0.1) is 0 Å². The molecule has 1 aliphatic heterocycles. The summed E-state index contributed by atoms with van der Waals surface area (Å²) in [6, 6.07) is 10.7. The summed E-state index contributed by atoms with van der Waals surface area (Å²) in [6.07, 6.45) is 0. The molecule has 31 heavy (non-hydrogen) atoms. The number of ketones is 1. The second-order valence-corrected chi connectivity index (χ2v) is 10.5. The van der Waals surface area contributed by atoms with Gasteiger partial charge in [-0.05, 0) is 51.0 Å². The van der Waals surface area contributed by atoms with Gasteiger partial charge in [0, 0.05) is 18.2 Å². The summed E-state index contributed by atoms with van der Waals surface area (Å²) in [5, 5.41) is 0. The van der Waals surface area contributed by atoms with Gasteiger partial charge in [-0.2, -0.15) is 0 Å². The molecule has 0 bridgehead atoms. The van der Waals surface area contributed by atoms with Crippen molar-refractivity contribution in [2.24, 2.45) is 11.3 Å². The first-order valence-electron chi connectivity index (χ1n) is 10.1. The van der Waals surface area contributed by atoms with Crippen molar-refractivity contribution in [3.05, 3.63) is 48.0 Å². The summed E-state index contributed by atoms with van der Waals surface area (Å²) in [7, 11) is -3.85. The fraction of sp³-hybridized carbons (Fsp3) is 0.391. The second kappa shape index (κ2) is 8.34. The zero-order valence-corrected chi connectivity index (χ0v) is 19.2. The number of amides is 1. The van der Waals surface area contributed by atoms with Crippen molar-refractivity contribution in [3.8, 4) is 5.75 Å². The Morgan fingerprint density at radius 2 is 1.81 bits per heavy atom. The van der Waals surface area contributed by atoms with Gasteiger partial charge in [-0.1, -0.05) is 26.0 Å². The van der Waals surface area contributed by atoms with Gasteiger partial charge < -0.3 is 9.64 Å². The van der Waals surface area contributed by atoms with Crippen LogP contribution in [0.2, 0.25) is 0 Å². The average Bonchev–Trinajstić information content (AvgIpc) is 2.78. The molecule has 0 saturated heterocycles. The predicted octanol–water partition coefficient (Wildman–Crippen LogP) is 4.10. The number of carbonyl (C=O) groups excluding carboxylic acids is 2. The lowest BCUT2D eigenvalue weighted by Crippen LogP contribution is -2.43. The van der Waals surface area contributed by atoms with Gasteiger partial charge in [-0.25, -0.2) is 8.42 Å². The number of nitrogens with one attached hydrogen (secondary N) is 1. The average molecular weight is 445 g/mol. The molecule has 0 radical (unpaired) electrons. The highest BCUT2D eigenvalue weighted by Crippen LogP contribution is 2.39. The minimum Gasteiger partial charge on any atom is -0.490 e. The Balaban J connectivity index is 1.92. The number of rotatable bonds is 6. The van der Waals surface area contributed by atoms with Crippen LogP contribution in [0.1, 0.15) is 45.0 Å². The fourth-order valence-electron chi connectivity index (χ4n) is 3.34. The quantitative estimate of drug-likeness (QED) is 0.677. The zero-order valence-electron chi connectivity index (χ0n) is 18.4. The maximum Gasteiger partial charge on any atom is 0.261 e. The zero-order chi connectivity index (χ0) is 23.0. The fourth-order valence-corrected chi connectivity index (χ4v) is 4.39. The highest BCUT2D eigenvalue weighted by molar-refractivity contribution is 7.92. The highest BCUT2D eigenvalue weighted by Gasteiger charge is 2.38. The van der Waals surface area contributed by atoms with Gasteiger partial charge in [-0.3, -0.25) is 14.3 Å². The maximum atomic E-state index is 13.0. The Kier molecular flexibility index (Phi) is 6.14. The van der Waals surface area contributed by atoms with Crippen molar-refractivity contribution >= 4 is 33.1 Å². The molecule has 3 rings (SSSR count). The van der Waals surface area contributed by atoms with Crippen molar-refractivity contribution in [2.75, 3.05) is 22.8 Å². The molecular weight excluding hydrogens is 416 g/mol. The number of Topliss-reactive ketones (excluding diaryl/α,β-unsaturated/α-hetero) is 1. The third-order valence-corrected chi connectivity index (χ3v) is 6.43. The molecule has 0 unspecified atom stereocenters. The number of fused-ring (bicyclic) bond motifs is 1. The van der Waals surface area contributed by atoms with Crippen LogP contribution in [-0.2, 0) is 14.8 Å². The van der Waals surface area contributed by atoms with E-state index < -0.39 is 15.4 Å². The summed E-state index contributed by atoms with van der Waals surface area (Å²) >= 11 is 0. The van der Waals surface area contributed by atoms with E-state index in [4.69, 9.17) is 4.74 Å². The van der Waals surface area contributed by atoms with Crippen molar-refractivity contribution in [1.29, 1.82) is 0 Å². The van der Waals surface area contributed by atoms with Crippen molar-refractivity contribution in [1.82, 2.24) is 0 Å². The molecule has 8 heteroatoms. The lowest BCUT2D eigenvalue weighted by atomic mass is 9.92. The Morgan fingerprint density at radius 1 is 1.16 bits per heavy atom. The Labute approximate surface area is 183 Å². The van der Waals surface area contributed by atoms with Crippen molar-refractivity contribution in [2.45, 2.75) is 39.5 Å². The molecule has 1 N–H and O–H groups in total. The molecule has 0 atom stereocenters. The molecule has 1 amide bonds. The minimum atomic E-state index is -3.85. The van der Waals surface area contributed by atoms with E-state index in [-0.39, 0.29) is 29.1 Å². The molecule has 0 saturated carbocycles. The summed E-state index contributed by atoms with van der Waals surface area (Å²) < 4.78 is 34.0. The van der Waals surface area contributed by atoms with Gasteiger partial charge in [0.05, 0.1) is 21.7 Å². The maximum absolute atomic E-state index is 13.0. The monoisotopic (exact) mass is 444 g/mol. The number of sulfonamides is 1. The molecule has 2 aromatic rings. The van der Waals surface area contributed by atoms with E-state index in [2.05, 4.69) is 4.72 Å². The largest absolute Gasteiger partial charge is 0.490 e. The number of carbonyl (C=O) groups is 2. The lowest BCUT2D eigenvalue weighted by Gasteiger charge is -2.29. The second-order valence-electron chi connectivity index (χ2n) is 8.85. The van der Waals surface area contributed by atoms with Crippen LogP contribution in [0.15, 0.2) is 47.4 Å². The van der Waals surface area contributed by atoms with E-state index in [1.54, 1.807) is 23.1 Å². The molecule has 2 aromatic carbocycles. The molecule has 7 nitrogen and oxygen atoms in total. The van der Waals surface area contributed by atoms with Crippen LogP contribution >= 0.6 is 0 Å². The number of hydrogen-bond donors (Lipinski definition) is 1. The standard InChI is InChI=1S/C23H28N2O5S/c1-15(2)13-25-20-11-8-18(12-21(20)30-14-23(4,5)22(25)27)24-31(28,29)19-9-6-17(7-10-19)16(3)26/h6-12,15,24H,13-14H2,1-5H3. The molecular formula is C23H28N2O5S. The first kappa shape index (κ1) is 22.8. The third-order valence-electron chi connectivity index (χ3n) is 5.03. The van der Waals surface area contributed by atoms with E-state index in [0.29, 0.717) is 29.2 Å². The summed E-state index contributed by atoms with van der Waals surface area (Å²) in [5.41, 5.74) is 0.686. The van der Waals surface area contributed by atoms with Crippen LogP contribution in [0, 0.1) is 11.3 Å². The van der Waals surface area contributed by atoms with Crippen LogP contribution in [0.4, 0.5) is 11.4 Å². The van der Waals surface area contributed by atoms with E-state index in [0.717, 1.165) is 0 Å². The molecule has 1 aliphatic rings. The van der Waals surface area contributed by atoms with E-state index in [9.17, 15) is 18.0 Å². The van der Waals surface area contributed by atoms with E-state index in [1.807, 2.05) is 27.7 Å². The van der Waals surface area contributed by atoms with Gasteiger partial charge in [0.15, 0.2) is 5.78 Å². The number of nitrogens with zero attached hydrogens (tertiary/aromatic N) is 1. The summed E-state index contributed by atoms with van der Waals surface area (Å²) in [4.78, 5) is 26.2. The summed E-state index contributed by atoms with van der Waals surface area (Å²) in [5.74, 6) is 0.538. The van der Waals surface area contributed by atoms with Crippen LogP contribution in [-0.4, -0.2) is 33.3 Å². The number of benzene rings is 2. The molecule has 166 valence electrons. The molecule has 0 aromatic heterocycles. The smallest absolute Gasteiger partial charge is 0.261 e. The number of hydrogen-bond acceptors (Lipinski definition) is 5. The van der Waals surface area contributed by atoms with Gasteiger partial charge in [0.25, 0.3) is 10.0 Å². The number of anilines is 2. The van der Waals surface area contributed by atoms with Gasteiger partial charge in [0.1, 0.15) is 12.4 Å². The van der Waals surface area contributed by atoms with E-state index in [1.165, 1.54) is 31.2 Å². The highest BCUT2D eigenvalue weighted by atomic mass is 32.2. The molecule has 0 aliphatic carbocycles. The van der Waals surface area contributed by atoms with Gasteiger partial charge in [0.2, 0.25) is 5.91 Å².